The quantitative estimate of drug-likeness (QED) is 0.776. The van der Waals surface area contributed by atoms with E-state index in [1.807, 2.05) is 35.0 Å². The highest BCUT2D eigenvalue weighted by atomic mass is 16.1. The lowest BCUT2D eigenvalue weighted by Crippen LogP contribution is -2.13. The predicted molar refractivity (Wildman–Crippen MR) is 87.8 cm³/mol. The second-order valence-electron chi connectivity index (χ2n) is 7.47. The van der Waals surface area contributed by atoms with Crippen LogP contribution in [0.3, 0.4) is 0 Å². The molecule has 0 unspecified atom stereocenters. The van der Waals surface area contributed by atoms with E-state index in [4.69, 9.17) is 0 Å². The van der Waals surface area contributed by atoms with Crippen molar-refractivity contribution in [3.8, 4) is 0 Å². The predicted octanol–water partition coefficient (Wildman–Crippen LogP) is 4.19. The number of carbonyl (C=O) groups is 1. The molecule has 0 aromatic carbocycles. The van der Waals surface area contributed by atoms with Gasteiger partial charge >= 0.3 is 0 Å². The third kappa shape index (κ3) is 3.29. The topological polar surface area (TPSA) is 34.9 Å². The Kier molecular flexibility index (Phi) is 3.90. The van der Waals surface area contributed by atoms with Gasteiger partial charge in [0.05, 0.1) is 5.69 Å². The van der Waals surface area contributed by atoms with Crippen molar-refractivity contribution in [1.29, 1.82) is 0 Å². The number of ketones is 1. The molecule has 3 nitrogen and oxygen atoms in total. The van der Waals surface area contributed by atoms with Gasteiger partial charge in [-0.2, -0.15) is 0 Å². The van der Waals surface area contributed by atoms with Crippen LogP contribution in [0, 0.1) is 17.3 Å². The summed E-state index contributed by atoms with van der Waals surface area (Å²) in [5.74, 6) is 1.53. The zero-order valence-electron chi connectivity index (χ0n) is 13.6. The van der Waals surface area contributed by atoms with E-state index in [1.165, 1.54) is 12.0 Å². The molecular weight excluding hydrogens is 272 g/mol. The van der Waals surface area contributed by atoms with Gasteiger partial charge in [0.2, 0.25) is 0 Å². The second-order valence-corrected chi connectivity index (χ2v) is 7.47. The molecule has 2 heterocycles. The number of hydrogen-bond acceptors (Lipinski definition) is 2. The Hall–Kier alpha value is -1.90. The van der Waals surface area contributed by atoms with Gasteiger partial charge in [-0.25, -0.2) is 0 Å². The molecule has 0 saturated heterocycles. The zero-order valence-corrected chi connectivity index (χ0v) is 13.6. The van der Waals surface area contributed by atoms with E-state index >= 15 is 0 Å². The van der Waals surface area contributed by atoms with E-state index in [-0.39, 0.29) is 5.78 Å². The summed E-state index contributed by atoms with van der Waals surface area (Å²) in [6.07, 6.45) is 7.45. The van der Waals surface area contributed by atoms with Gasteiger partial charge in [-0.05, 0) is 53.5 Å². The number of aromatic nitrogens is 2. The molecule has 1 fully saturated rings. The van der Waals surface area contributed by atoms with Crippen LogP contribution in [0.2, 0.25) is 0 Å². The number of Topliss-reactive ketones (excluding diaryl/α,β-unsaturated/α-hetero) is 1. The zero-order chi connectivity index (χ0) is 15.7. The van der Waals surface area contributed by atoms with Crippen LogP contribution >= 0.6 is 0 Å². The monoisotopic (exact) mass is 296 g/mol. The standard InChI is InChI=1S/C19H24N2O/c1-19(2,3)16-11-15(16)12-18(22)17-5-4-10-21(17)13-14-6-8-20-9-7-14/h4-10,15-16H,11-13H2,1-3H3/t15-,16+/m1/s1. The van der Waals surface area contributed by atoms with Crippen molar-refractivity contribution in [2.45, 2.75) is 40.2 Å². The van der Waals surface area contributed by atoms with Gasteiger partial charge in [0.15, 0.2) is 5.78 Å². The average Bonchev–Trinajstić information content (AvgIpc) is 3.09. The first-order chi connectivity index (χ1) is 10.4. The summed E-state index contributed by atoms with van der Waals surface area (Å²) in [7, 11) is 0. The SMILES string of the molecule is CC(C)(C)[C@H]1C[C@@H]1CC(=O)c1cccn1Cc1ccncc1. The van der Waals surface area contributed by atoms with Gasteiger partial charge in [0.1, 0.15) is 0 Å². The second kappa shape index (κ2) is 5.71. The van der Waals surface area contributed by atoms with Gasteiger partial charge in [0.25, 0.3) is 0 Å². The van der Waals surface area contributed by atoms with Gasteiger partial charge < -0.3 is 4.57 Å². The summed E-state index contributed by atoms with van der Waals surface area (Å²) in [5.41, 5.74) is 2.32. The Morgan fingerprint density at radius 1 is 1.27 bits per heavy atom. The van der Waals surface area contributed by atoms with Crippen LogP contribution in [0.5, 0.6) is 0 Å². The lowest BCUT2D eigenvalue weighted by atomic mass is 9.88. The van der Waals surface area contributed by atoms with Crippen molar-refractivity contribution >= 4 is 5.78 Å². The number of pyridine rings is 1. The summed E-state index contributed by atoms with van der Waals surface area (Å²) in [6.45, 7) is 7.54. The summed E-state index contributed by atoms with van der Waals surface area (Å²) in [4.78, 5) is 16.6. The minimum atomic E-state index is 0.274. The third-order valence-electron chi connectivity index (χ3n) is 4.70. The Labute approximate surface area is 132 Å². The minimum Gasteiger partial charge on any atom is -0.341 e. The maximum absolute atomic E-state index is 12.6. The van der Waals surface area contributed by atoms with Crippen LogP contribution < -0.4 is 0 Å². The summed E-state index contributed by atoms with van der Waals surface area (Å²) >= 11 is 0. The number of hydrogen-bond donors (Lipinski definition) is 0. The molecule has 0 spiro atoms. The molecule has 1 saturated carbocycles. The maximum Gasteiger partial charge on any atom is 0.179 e. The minimum absolute atomic E-state index is 0.274. The molecule has 1 aliphatic carbocycles. The van der Waals surface area contributed by atoms with E-state index in [0.29, 0.717) is 23.7 Å². The van der Waals surface area contributed by atoms with E-state index in [0.717, 1.165) is 12.2 Å². The van der Waals surface area contributed by atoms with Crippen LogP contribution in [0.15, 0.2) is 42.9 Å². The normalized spacial score (nSPS) is 20.9. The fraction of sp³-hybridized carbons (Fsp3) is 0.474. The Morgan fingerprint density at radius 2 is 2.00 bits per heavy atom. The number of rotatable bonds is 5. The molecule has 3 rings (SSSR count). The summed E-state index contributed by atoms with van der Waals surface area (Å²) in [5, 5.41) is 0. The lowest BCUT2D eigenvalue weighted by Gasteiger charge is -2.18. The Bertz CT molecular complexity index is 652. The molecule has 0 radical (unpaired) electrons. The number of carbonyl (C=O) groups excluding carboxylic acids is 1. The first-order valence-electron chi connectivity index (χ1n) is 8.02. The largest absolute Gasteiger partial charge is 0.341 e. The summed E-state index contributed by atoms with van der Waals surface area (Å²) < 4.78 is 2.05. The molecule has 0 aliphatic heterocycles. The molecule has 2 aromatic rings. The molecule has 2 atom stereocenters. The van der Waals surface area contributed by atoms with Crippen LogP contribution in [0.25, 0.3) is 0 Å². The first-order valence-corrected chi connectivity index (χ1v) is 8.02. The lowest BCUT2D eigenvalue weighted by molar-refractivity contribution is 0.0962. The molecule has 22 heavy (non-hydrogen) atoms. The molecule has 3 heteroatoms. The summed E-state index contributed by atoms with van der Waals surface area (Å²) in [6, 6.07) is 7.89. The van der Waals surface area contributed by atoms with Gasteiger partial charge in [-0.3, -0.25) is 9.78 Å². The van der Waals surface area contributed by atoms with E-state index in [9.17, 15) is 4.79 Å². The molecule has 2 aromatic heterocycles. The Balaban J connectivity index is 1.66. The first kappa shape index (κ1) is 15.0. The Morgan fingerprint density at radius 3 is 2.64 bits per heavy atom. The van der Waals surface area contributed by atoms with Gasteiger partial charge in [0, 0.05) is 31.6 Å². The molecule has 0 bridgehead atoms. The fourth-order valence-corrected chi connectivity index (χ4v) is 3.37. The molecule has 0 amide bonds. The molecular formula is C19H24N2O. The van der Waals surface area contributed by atoms with Crippen molar-refractivity contribution < 1.29 is 4.79 Å². The highest BCUT2D eigenvalue weighted by molar-refractivity contribution is 5.95. The van der Waals surface area contributed by atoms with Crippen LogP contribution in [0.4, 0.5) is 0 Å². The van der Waals surface area contributed by atoms with Gasteiger partial charge in [-0.1, -0.05) is 20.8 Å². The van der Waals surface area contributed by atoms with Crippen LogP contribution in [0.1, 0.15) is 49.7 Å². The third-order valence-corrected chi connectivity index (χ3v) is 4.70. The van der Waals surface area contributed by atoms with Crippen molar-refractivity contribution in [1.82, 2.24) is 9.55 Å². The van der Waals surface area contributed by atoms with Crippen molar-refractivity contribution in [2.24, 2.45) is 17.3 Å². The van der Waals surface area contributed by atoms with E-state index in [1.54, 1.807) is 12.4 Å². The van der Waals surface area contributed by atoms with Crippen LogP contribution in [-0.4, -0.2) is 15.3 Å². The fourth-order valence-electron chi connectivity index (χ4n) is 3.37. The average molecular weight is 296 g/mol. The van der Waals surface area contributed by atoms with Crippen LogP contribution in [-0.2, 0) is 6.54 Å². The molecule has 1 aliphatic rings. The molecule has 116 valence electrons. The highest BCUT2D eigenvalue weighted by Crippen LogP contribution is 2.52. The smallest absolute Gasteiger partial charge is 0.179 e. The highest BCUT2D eigenvalue weighted by Gasteiger charge is 2.45. The maximum atomic E-state index is 12.6. The van der Waals surface area contributed by atoms with Crippen molar-refractivity contribution in [2.75, 3.05) is 0 Å². The van der Waals surface area contributed by atoms with Crippen molar-refractivity contribution in [3.63, 3.8) is 0 Å². The number of nitrogens with zero attached hydrogens (tertiary/aromatic N) is 2. The molecule has 0 N–H and O–H groups in total. The van der Waals surface area contributed by atoms with Gasteiger partial charge in [-0.15, -0.1) is 0 Å². The van der Waals surface area contributed by atoms with E-state index < -0.39 is 0 Å². The van der Waals surface area contributed by atoms with E-state index in [2.05, 4.69) is 25.8 Å². The van der Waals surface area contributed by atoms with Crippen molar-refractivity contribution in [3.05, 3.63) is 54.1 Å².